The number of hydrogen-bond acceptors (Lipinski definition) is 1. The second-order valence-corrected chi connectivity index (χ2v) is 4.55. The highest BCUT2D eigenvalue weighted by Crippen LogP contribution is 2.43. The van der Waals surface area contributed by atoms with Crippen LogP contribution in [0, 0.1) is 5.92 Å². The topological polar surface area (TPSA) is 9.23 Å². The third-order valence-electron chi connectivity index (χ3n) is 3.34. The molecule has 0 bridgehead atoms. The Morgan fingerprint density at radius 2 is 2.20 bits per heavy atom. The van der Waals surface area contributed by atoms with E-state index in [2.05, 4.69) is 32.6 Å². The number of allylic oxidation sites excluding steroid dienone is 1. The van der Waals surface area contributed by atoms with E-state index < -0.39 is 0 Å². The summed E-state index contributed by atoms with van der Waals surface area (Å²) in [6.07, 6.45) is 1.13. The summed E-state index contributed by atoms with van der Waals surface area (Å²) in [5.74, 6) is 2.11. The zero-order valence-corrected chi connectivity index (χ0v) is 9.71. The van der Waals surface area contributed by atoms with E-state index in [4.69, 9.17) is 4.74 Å². The van der Waals surface area contributed by atoms with E-state index in [1.807, 2.05) is 6.07 Å². The molecule has 0 fully saturated rings. The van der Waals surface area contributed by atoms with Crippen LogP contribution in [-0.2, 0) is 6.42 Å². The molecule has 1 aromatic carbocycles. The normalized spacial score (nSPS) is 18.3. The van der Waals surface area contributed by atoms with Crippen LogP contribution >= 0.6 is 0 Å². The van der Waals surface area contributed by atoms with Crippen LogP contribution < -0.4 is 4.74 Å². The molecule has 0 aliphatic heterocycles. The first-order valence-corrected chi connectivity index (χ1v) is 5.49. The first-order chi connectivity index (χ1) is 7.13. The lowest BCUT2D eigenvalue weighted by atomic mass is 9.71. The first-order valence-electron chi connectivity index (χ1n) is 5.49. The van der Waals surface area contributed by atoms with Crippen molar-refractivity contribution < 1.29 is 4.74 Å². The maximum Gasteiger partial charge on any atom is 0.119 e. The van der Waals surface area contributed by atoms with Crippen LogP contribution in [0.5, 0.6) is 5.75 Å². The lowest BCUT2D eigenvalue weighted by Crippen LogP contribution is -2.20. The van der Waals surface area contributed by atoms with E-state index in [1.54, 1.807) is 7.11 Å². The molecular weight excluding hydrogens is 184 g/mol. The molecule has 1 unspecified atom stereocenters. The maximum atomic E-state index is 5.20. The SMILES string of the molecule is C=C(C(C)C)C1Cc2cc(OC)ccc21. The van der Waals surface area contributed by atoms with Gasteiger partial charge in [0.25, 0.3) is 0 Å². The summed E-state index contributed by atoms with van der Waals surface area (Å²) in [6.45, 7) is 8.61. The molecule has 0 N–H and O–H groups in total. The predicted octanol–water partition coefficient (Wildman–Crippen LogP) is 3.55. The summed E-state index contributed by atoms with van der Waals surface area (Å²) < 4.78 is 5.20. The highest BCUT2D eigenvalue weighted by atomic mass is 16.5. The maximum absolute atomic E-state index is 5.20. The van der Waals surface area contributed by atoms with Gasteiger partial charge in [-0.25, -0.2) is 0 Å². The van der Waals surface area contributed by atoms with Crippen LogP contribution in [0.3, 0.4) is 0 Å². The molecule has 80 valence electrons. The summed E-state index contributed by atoms with van der Waals surface area (Å²) in [7, 11) is 1.71. The quantitative estimate of drug-likeness (QED) is 0.681. The number of hydrogen-bond donors (Lipinski definition) is 0. The average Bonchev–Trinajstić information content (AvgIpc) is 2.19. The Labute approximate surface area is 91.8 Å². The van der Waals surface area contributed by atoms with Crippen molar-refractivity contribution in [1.29, 1.82) is 0 Å². The van der Waals surface area contributed by atoms with E-state index in [9.17, 15) is 0 Å². The third kappa shape index (κ3) is 1.67. The Kier molecular flexibility index (Phi) is 2.56. The van der Waals surface area contributed by atoms with Gasteiger partial charge in [0.2, 0.25) is 0 Å². The molecule has 1 heteroatoms. The Morgan fingerprint density at radius 1 is 1.47 bits per heavy atom. The molecule has 0 saturated carbocycles. The lowest BCUT2D eigenvalue weighted by molar-refractivity contribution is 0.412. The van der Waals surface area contributed by atoms with Crippen molar-refractivity contribution >= 4 is 0 Å². The van der Waals surface area contributed by atoms with Crippen LogP contribution in [-0.4, -0.2) is 7.11 Å². The van der Waals surface area contributed by atoms with E-state index in [1.165, 1.54) is 16.7 Å². The van der Waals surface area contributed by atoms with Gasteiger partial charge in [-0.15, -0.1) is 0 Å². The molecule has 2 rings (SSSR count). The molecule has 1 nitrogen and oxygen atoms in total. The lowest BCUT2D eigenvalue weighted by Gasteiger charge is -2.33. The van der Waals surface area contributed by atoms with Gasteiger partial charge in [0.1, 0.15) is 5.75 Å². The smallest absolute Gasteiger partial charge is 0.119 e. The highest BCUT2D eigenvalue weighted by molar-refractivity contribution is 5.49. The first kappa shape index (κ1) is 10.3. The minimum Gasteiger partial charge on any atom is -0.497 e. The van der Waals surface area contributed by atoms with Crippen LogP contribution in [0.15, 0.2) is 30.4 Å². The number of ether oxygens (including phenoxy) is 1. The van der Waals surface area contributed by atoms with Crippen molar-refractivity contribution in [2.75, 3.05) is 7.11 Å². The summed E-state index contributed by atoms with van der Waals surface area (Å²) >= 11 is 0. The van der Waals surface area contributed by atoms with Crippen molar-refractivity contribution in [3.63, 3.8) is 0 Å². The van der Waals surface area contributed by atoms with Gasteiger partial charge in [-0.3, -0.25) is 0 Å². The van der Waals surface area contributed by atoms with Crippen molar-refractivity contribution in [2.45, 2.75) is 26.2 Å². The fraction of sp³-hybridized carbons (Fsp3) is 0.429. The largest absolute Gasteiger partial charge is 0.497 e. The number of methoxy groups -OCH3 is 1. The molecule has 15 heavy (non-hydrogen) atoms. The molecule has 0 spiro atoms. The van der Waals surface area contributed by atoms with Crippen molar-refractivity contribution in [2.24, 2.45) is 5.92 Å². The van der Waals surface area contributed by atoms with Crippen molar-refractivity contribution in [1.82, 2.24) is 0 Å². The van der Waals surface area contributed by atoms with Crippen LogP contribution in [0.1, 0.15) is 30.9 Å². The molecule has 0 radical (unpaired) electrons. The average molecular weight is 202 g/mol. The molecule has 1 aromatic rings. The van der Waals surface area contributed by atoms with Crippen molar-refractivity contribution in [3.05, 3.63) is 41.5 Å². The van der Waals surface area contributed by atoms with Crippen molar-refractivity contribution in [3.8, 4) is 5.75 Å². The monoisotopic (exact) mass is 202 g/mol. The molecule has 0 amide bonds. The van der Waals surface area contributed by atoms with Gasteiger partial charge >= 0.3 is 0 Å². The van der Waals surface area contributed by atoms with Gasteiger partial charge in [0.05, 0.1) is 7.11 Å². The molecule has 1 aliphatic carbocycles. The van der Waals surface area contributed by atoms with Crippen LogP contribution in [0.4, 0.5) is 0 Å². The van der Waals surface area contributed by atoms with E-state index in [0.717, 1.165) is 12.2 Å². The van der Waals surface area contributed by atoms with E-state index in [0.29, 0.717) is 11.8 Å². The van der Waals surface area contributed by atoms with Gasteiger partial charge in [0.15, 0.2) is 0 Å². The fourth-order valence-corrected chi connectivity index (χ4v) is 2.16. The molecule has 0 heterocycles. The highest BCUT2D eigenvalue weighted by Gasteiger charge is 2.29. The van der Waals surface area contributed by atoms with Crippen LogP contribution in [0.2, 0.25) is 0 Å². The summed E-state index contributed by atoms with van der Waals surface area (Å²) in [6, 6.07) is 6.36. The minimum atomic E-state index is 0.574. The zero-order chi connectivity index (χ0) is 11.0. The molecule has 1 atom stereocenters. The van der Waals surface area contributed by atoms with Gasteiger partial charge in [-0.2, -0.15) is 0 Å². The molecular formula is C14H18O. The molecule has 0 saturated heterocycles. The fourth-order valence-electron chi connectivity index (χ4n) is 2.16. The third-order valence-corrected chi connectivity index (χ3v) is 3.34. The molecule has 1 aliphatic rings. The zero-order valence-electron chi connectivity index (χ0n) is 9.71. The number of fused-ring (bicyclic) bond motifs is 1. The van der Waals surface area contributed by atoms with Gasteiger partial charge in [0, 0.05) is 5.92 Å². The summed E-state index contributed by atoms with van der Waals surface area (Å²) in [5, 5.41) is 0. The van der Waals surface area contributed by atoms with Gasteiger partial charge in [-0.1, -0.05) is 32.1 Å². The Bertz CT molecular complexity index is 390. The second kappa shape index (κ2) is 3.73. The number of benzene rings is 1. The molecule has 0 aromatic heterocycles. The summed E-state index contributed by atoms with van der Waals surface area (Å²) in [4.78, 5) is 0. The minimum absolute atomic E-state index is 0.574. The standard InChI is InChI=1S/C14H18O/c1-9(2)10(3)14-8-11-7-12(15-4)5-6-13(11)14/h5-7,9,14H,3,8H2,1-2,4H3. The Balaban J connectivity index is 2.21. The van der Waals surface area contributed by atoms with Gasteiger partial charge < -0.3 is 4.74 Å². The van der Waals surface area contributed by atoms with E-state index in [-0.39, 0.29) is 0 Å². The van der Waals surface area contributed by atoms with Crippen LogP contribution in [0.25, 0.3) is 0 Å². The van der Waals surface area contributed by atoms with E-state index >= 15 is 0 Å². The summed E-state index contributed by atoms with van der Waals surface area (Å²) in [5.41, 5.74) is 4.21. The predicted molar refractivity (Wildman–Crippen MR) is 63.4 cm³/mol. The Hall–Kier alpha value is -1.24. The number of rotatable bonds is 3. The van der Waals surface area contributed by atoms with Gasteiger partial charge in [-0.05, 0) is 35.6 Å². The second-order valence-electron chi connectivity index (χ2n) is 4.55. The Morgan fingerprint density at radius 3 is 2.73 bits per heavy atom.